The van der Waals surface area contributed by atoms with E-state index in [4.69, 9.17) is 9.88 Å². The third-order valence-corrected chi connectivity index (χ3v) is 4.33. The SMILES string of the molecule is CCN(CCOC)C(=O)c1cc(S(N)(=O)=O)cc(C)c1C. The standard InChI is InChI=1S/C14H22N2O4S/c1-5-16(6-7-20-4)14(17)13-9-12(21(15,18)19)8-10(2)11(13)3/h8-9H,5-7H2,1-4H3,(H2,15,18,19). The minimum absolute atomic E-state index is 0.0447. The van der Waals surface area contributed by atoms with E-state index in [1.165, 1.54) is 12.1 Å². The molecule has 0 aliphatic carbocycles. The molecule has 0 aliphatic rings. The highest BCUT2D eigenvalue weighted by Crippen LogP contribution is 2.20. The molecule has 21 heavy (non-hydrogen) atoms. The zero-order valence-corrected chi connectivity index (χ0v) is 13.7. The first-order valence-electron chi connectivity index (χ1n) is 6.64. The summed E-state index contributed by atoms with van der Waals surface area (Å²) in [6.45, 7) is 6.79. The Balaban J connectivity index is 3.28. The summed E-state index contributed by atoms with van der Waals surface area (Å²) in [5.74, 6) is -0.222. The molecular weight excluding hydrogens is 292 g/mol. The van der Waals surface area contributed by atoms with Gasteiger partial charge in [-0.2, -0.15) is 0 Å². The van der Waals surface area contributed by atoms with Gasteiger partial charge in [0, 0.05) is 25.8 Å². The molecule has 0 radical (unpaired) electrons. The maximum Gasteiger partial charge on any atom is 0.254 e. The van der Waals surface area contributed by atoms with E-state index in [1.807, 2.05) is 6.92 Å². The summed E-state index contributed by atoms with van der Waals surface area (Å²) in [5.41, 5.74) is 1.83. The van der Waals surface area contributed by atoms with E-state index < -0.39 is 10.0 Å². The molecule has 0 bridgehead atoms. The van der Waals surface area contributed by atoms with Crippen LogP contribution in [0.3, 0.4) is 0 Å². The van der Waals surface area contributed by atoms with Gasteiger partial charge in [-0.3, -0.25) is 4.79 Å². The van der Waals surface area contributed by atoms with Gasteiger partial charge < -0.3 is 9.64 Å². The van der Waals surface area contributed by atoms with Crippen LogP contribution in [-0.2, 0) is 14.8 Å². The van der Waals surface area contributed by atoms with Crippen LogP contribution in [0.4, 0.5) is 0 Å². The van der Waals surface area contributed by atoms with Gasteiger partial charge in [-0.1, -0.05) is 0 Å². The number of rotatable bonds is 6. The van der Waals surface area contributed by atoms with E-state index in [0.717, 1.165) is 5.56 Å². The normalized spacial score (nSPS) is 11.5. The molecule has 0 aliphatic heterocycles. The van der Waals surface area contributed by atoms with Gasteiger partial charge in [-0.15, -0.1) is 0 Å². The maximum absolute atomic E-state index is 12.6. The Hall–Kier alpha value is -1.44. The average molecular weight is 314 g/mol. The third kappa shape index (κ3) is 4.26. The molecule has 0 aromatic heterocycles. The lowest BCUT2D eigenvalue weighted by Gasteiger charge is -2.22. The molecule has 0 saturated heterocycles. The molecule has 0 heterocycles. The van der Waals surface area contributed by atoms with Crippen molar-refractivity contribution in [2.75, 3.05) is 26.8 Å². The van der Waals surface area contributed by atoms with Gasteiger partial charge in [0.25, 0.3) is 5.91 Å². The smallest absolute Gasteiger partial charge is 0.254 e. The first-order chi connectivity index (χ1) is 9.72. The van der Waals surface area contributed by atoms with Crippen LogP contribution in [0.5, 0.6) is 0 Å². The van der Waals surface area contributed by atoms with Gasteiger partial charge in [0.05, 0.1) is 11.5 Å². The number of primary sulfonamides is 1. The summed E-state index contributed by atoms with van der Waals surface area (Å²) in [4.78, 5) is 14.1. The van der Waals surface area contributed by atoms with Crippen molar-refractivity contribution in [2.45, 2.75) is 25.7 Å². The quantitative estimate of drug-likeness (QED) is 0.850. The lowest BCUT2D eigenvalue weighted by Crippen LogP contribution is -2.34. The number of benzene rings is 1. The Bertz CT molecular complexity index is 626. The fourth-order valence-corrected chi connectivity index (χ4v) is 2.61. The molecular formula is C14H22N2O4S. The van der Waals surface area contributed by atoms with Crippen molar-refractivity contribution in [3.63, 3.8) is 0 Å². The van der Waals surface area contributed by atoms with Crippen LogP contribution in [-0.4, -0.2) is 46.0 Å². The summed E-state index contributed by atoms with van der Waals surface area (Å²) >= 11 is 0. The molecule has 1 aromatic carbocycles. The Morgan fingerprint density at radius 2 is 1.95 bits per heavy atom. The number of hydrogen-bond donors (Lipinski definition) is 1. The summed E-state index contributed by atoms with van der Waals surface area (Å²) in [6.07, 6.45) is 0. The lowest BCUT2D eigenvalue weighted by atomic mass is 10.0. The minimum Gasteiger partial charge on any atom is -0.383 e. The van der Waals surface area contributed by atoms with Crippen LogP contribution in [0.1, 0.15) is 28.4 Å². The second kappa shape index (κ2) is 7.02. The van der Waals surface area contributed by atoms with Crippen molar-refractivity contribution >= 4 is 15.9 Å². The number of carbonyl (C=O) groups is 1. The number of methoxy groups -OCH3 is 1. The van der Waals surface area contributed by atoms with E-state index in [-0.39, 0.29) is 10.8 Å². The van der Waals surface area contributed by atoms with Crippen LogP contribution in [0, 0.1) is 13.8 Å². The van der Waals surface area contributed by atoms with Crippen LogP contribution in [0.15, 0.2) is 17.0 Å². The summed E-state index contributed by atoms with van der Waals surface area (Å²) in [7, 11) is -2.28. The van der Waals surface area contributed by atoms with E-state index in [2.05, 4.69) is 0 Å². The van der Waals surface area contributed by atoms with Gasteiger partial charge in [-0.25, -0.2) is 13.6 Å². The molecule has 0 atom stereocenters. The third-order valence-electron chi connectivity index (χ3n) is 3.43. The molecule has 0 spiro atoms. The number of carbonyl (C=O) groups excluding carboxylic acids is 1. The van der Waals surface area contributed by atoms with Crippen molar-refractivity contribution in [3.8, 4) is 0 Å². The van der Waals surface area contributed by atoms with Gasteiger partial charge >= 0.3 is 0 Å². The first kappa shape index (κ1) is 17.6. The molecule has 0 fully saturated rings. The first-order valence-corrected chi connectivity index (χ1v) is 8.19. The Labute approximate surface area is 125 Å². The molecule has 2 N–H and O–H groups in total. The second-order valence-electron chi connectivity index (χ2n) is 4.84. The highest BCUT2D eigenvalue weighted by molar-refractivity contribution is 7.89. The molecule has 0 unspecified atom stereocenters. The van der Waals surface area contributed by atoms with E-state index in [9.17, 15) is 13.2 Å². The Morgan fingerprint density at radius 3 is 2.43 bits per heavy atom. The second-order valence-corrected chi connectivity index (χ2v) is 6.40. The van der Waals surface area contributed by atoms with E-state index >= 15 is 0 Å². The van der Waals surface area contributed by atoms with E-state index in [1.54, 1.807) is 25.9 Å². The number of aryl methyl sites for hydroxylation is 1. The number of hydrogen-bond acceptors (Lipinski definition) is 4. The Kier molecular flexibility index (Phi) is 5.88. The number of ether oxygens (including phenoxy) is 1. The van der Waals surface area contributed by atoms with Crippen molar-refractivity contribution < 1.29 is 17.9 Å². The monoisotopic (exact) mass is 314 g/mol. The fourth-order valence-electron chi connectivity index (χ4n) is 1.99. The van der Waals surface area contributed by atoms with Crippen LogP contribution < -0.4 is 5.14 Å². The number of amides is 1. The number of nitrogens with two attached hydrogens (primary N) is 1. The highest BCUT2D eigenvalue weighted by Gasteiger charge is 2.20. The van der Waals surface area contributed by atoms with Gasteiger partial charge in [0.2, 0.25) is 10.0 Å². The van der Waals surface area contributed by atoms with E-state index in [0.29, 0.717) is 30.8 Å². The molecule has 118 valence electrons. The number of likely N-dealkylation sites (N-methyl/N-ethyl adjacent to an activating group) is 1. The maximum atomic E-state index is 12.6. The van der Waals surface area contributed by atoms with Crippen LogP contribution in [0.2, 0.25) is 0 Å². The largest absolute Gasteiger partial charge is 0.383 e. The summed E-state index contributed by atoms with van der Waals surface area (Å²) in [6, 6.07) is 2.82. The lowest BCUT2D eigenvalue weighted by molar-refractivity contribution is 0.0705. The summed E-state index contributed by atoms with van der Waals surface area (Å²) in [5, 5.41) is 5.16. The molecule has 6 nitrogen and oxygen atoms in total. The fraction of sp³-hybridized carbons (Fsp3) is 0.500. The predicted octanol–water partition coefficient (Wildman–Crippen LogP) is 1.06. The van der Waals surface area contributed by atoms with Crippen LogP contribution in [0.25, 0.3) is 0 Å². The Morgan fingerprint density at radius 1 is 1.33 bits per heavy atom. The van der Waals surface area contributed by atoms with Crippen molar-refractivity contribution in [1.82, 2.24) is 4.90 Å². The topological polar surface area (TPSA) is 89.7 Å². The predicted molar refractivity (Wildman–Crippen MR) is 80.7 cm³/mol. The molecule has 1 amide bonds. The van der Waals surface area contributed by atoms with Gasteiger partial charge in [0.15, 0.2) is 0 Å². The zero-order chi connectivity index (χ0) is 16.2. The summed E-state index contributed by atoms with van der Waals surface area (Å²) < 4.78 is 28.0. The van der Waals surface area contributed by atoms with Crippen molar-refractivity contribution in [2.24, 2.45) is 5.14 Å². The van der Waals surface area contributed by atoms with Crippen molar-refractivity contribution in [1.29, 1.82) is 0 Å². The molecule has 1 rings (SSSR count). The van der Waals surface area contributed by atoms with Crippen LogP contribution >= 0.6 is 0 Å². The minimum atomic E-state index is -3.84. The molecule has 7 heteroatoms. The zero-order valence-electron chi connectivity index (χ0n) is 12.8. The number of sulfonamides is 1. The highest BCUT2D eigenvalue weighted by atomic mass is 32.2. The van der Waals surface area contributed by atoms with Crippen molar-refractivity contribution in [3.05, 3.63) is 28.8 Å². The average Bonchev–Trinajstić information content (AvgIpc) is 2.41. The van der Waals surface area contributed by atoms with Gasteiger partial charge in [0.1, 0.15) is 0 Å². The molecule has 0 saturated carbocycles. The molecule has 1 aromatic rings. The number of nitrogens with zero attached hydrogens (tertiary/aromatic N) is 1. The van der Waals surface area contributed by atoms with Gasteiger partial charge in [-0.05, 0) is 44.0 Å².